The SMILES string of the molecule is COC(C(C)C)C(Cc1ccncc1)NN. The minimum absolute atomic E-state index is 0.109. The van der Waals surface area contributed by atoms with Crippen LogP contribution in [0.15, 0.2) is 24.5 Å². The van der Waals surface area contributed by atoms with Crippen LogP contribution in [0.4, 0.5) is 0 Å². The van der Waals surface area contributed by atoms with E-state index in [0.29, 0.717) is 5.92 Å². The second-order valence-electron chi connectivity index (χ2n) is 4.28. The summed E-state index contributed by atoms with van der Waals surface area (Å²) < 4.78 is 5.48. The zero-order chi connectivity index (χ0) is 12.0. The molecule has 0 saturated carbocycles. The fraction of sp³-hybridized carbons (Fsp3) is 0.583. The lowest BCUT2D eigenvalue weighted by molar-refractivity contribution is 0.0332. The topological polar surface area (TPSA) is 60.2 Å². The molecule has 0 aromatic carbocycles. The van der Waals surface area contributed by atoms with Crippen molar-refractivity contribution < 1.29 is 4.74 Å². The first kappa shape index (κ1) is 13.1. The molecule has 4 heteroatoms. The average molecular weight is 223 g/mol. The van der Waals surface area contributed by atoms with Crippen LogP contribution < -0.4 is 11.3 Å². The first-order chi connectivity index (χ1) is 7.69. The molecule has 1 aromatic heterocycles. The molecule has 16 heavy (non-hydrogen) atoms. The molecule has 4 nitrogen and oxygen atoms in total. The lowest BCUT2D eigenvalue weighted by Crippen LogP contribution is -2.48. The summed E-state index contributed by atoms with van der Waals surface area (Å²) in [5.74, 6) is 6.01. The number of pyridine rings is 1. The van der Waals surface area contributed by atoms with Crippen molar-refractivity contribution in [2.45, 2.75) is 32.4 Å². The second-order valence-corrected chi connectivity index (χ2v) is 4.28. The Morgan fingerprint density at radius 1 is 1.38 bits per heavy atom. The predicted molar refractivity (Wildman–Crippen MR) is 64.7 cm³/mol. The Balaban J connectivity index is 2.68. The number of hydrogen-bond donors (Lipinski definition) is 2. The van der Waals surface area contributed by atoms with E-state index in [1.165, 1.54) is 5.56 Å². The van der Waals surface area contributed by atoms with Gasteiger partial charge in [-0.05, 0) is 30.0 Å². The van der Waals surface area contributed by atoms with E-state index in [4.69, 9.17) is 10.6 Å². The molecule has 3 N–H and O–H groups in total. The first-order valence-electron chi connectivity index (χ1n) is 5.56. The van der Waals surface area contributed by atoms with Gasteiger partial charge in [0, 0.05) is 19.5 Å². The summed E-state index contributed by atoms with van der Waals surface area (Å²) in [7, 11) is 1.72. The van der Waals surface area contributed by atoms with Crippen LogP contribution >= 0.6 is 0 Å². The molecule has 1 rings (SSSR count). The van der Waals surface area contributed by atoms with Crippen LogP contribution in [0.3, 0.4) is 0 Å². The van der Waals surface area contributed by atoms with Crippen LogP contribution in [0.2, 0.25) is 0 Å². The summed E-state index contributed by atoms with van der Waals surface area (Å²) in [5, 5.41) is 0. The number of nitrogens with one attached hydrogen (secondary N) is 1. The van der Waals surface area contributed by atoms with Gasteiger partial charge in [-0.1, -0.05) is 13.8 Å². The van der Waals surface area contributed by atoms with Gasteiger partial charge in [-0.15, -0.1) is 0 Å². The van der Waals surface area contributed by atoms with Crippen LogP contribution in [0.25, 0.3) is 0 Å². The molecule has 1 aromatic rings. The molecule has 0 aliphatic carbocycles. The number of hydrazine groups is 1. The zero-order valence-electron chi connectivity index (χ0n) is 10.2. The molecule has 0 saturated heterocycles. The summed E-state index contributed by atoms with van der Waals surface area (Å²) in [4.78, 5) is 4.00. The number of aromatic nitrogens is 1. The van der Waals surface area contributed by atoms with E-state index in [1.54, 1.807) is 19.5 Å². The highest BCUT2D eigenvalue weighted by Gasteiger charge is 2.23. The molecular formula is C12H21N3O. The highest BCUT2D eigenvalue weighted by Crippen LogP contribution is 2.14. The molecule has 0 spiro atoms. The standard InChI is InChI=1S/C12H21N3O/c1-9(2)12(16-3)11(15-13)8-10-4-6-14-7-5-10/h4-7,9,11-12,15H,8,13H2,1-3H3. The van der Waals surface area contributed by atoms with E-state index in [0.717, 1.165) is 6.42 Å². The third kappa shape index (κ3) is 3.56. The molecule has 0 radical (unpaired) electrons. The Labute approximate surface area is 97.2 Å². The summed E-state index contributed by atoms with van der Waals surface area (Å²) in [6, 6.07) is 4.11. The highest BCUT2D eigenvalue weighted by atomic mass is 16.5. The van der Waals surface area contributed by atoms with E-state index in [9.17, 15) is 0 Å². The van der Waals surface area contributed by atoms with Gasteiger partial charge < -0.3 is 4.74 Å². The van der Waals surface area contributed by atoms with Gasteiger partial charge >= 0.3 is 0 Å². The molecule has 0 aliphatic rings. The third-order valence-electron chi connectivity index (χ3n) is 2.74. The monoisotopic (exact) mass is 223 g/mol. The van der Waals surface area contributed by atoms with Crippen molar-refractivity contribution in [3.63, 3.8) is 0 Å². The van der Waals surface area contributed by atoms with Gasteiger partial charge in [0.1, 0.15) is 0 Å². The van der Waals surface area contributed by atoms with Crippen LogP contribution in [-0.2, 0) is 11.2 Å². The van der Waals surface area contributed by atoms with Crippen LogP contribution in [0, 0.1) is 5.92 Å². The summed E-state index contributed by atoms with van der Waals surface area (Å²) in [5.41, 5.74) is 4.05. The van der Waals surface area contributed by atoms with Crippen molar-refractivity contribution in [3.05, 3.63) is 30.1 Å². The molecule has 0 amide bonds. The minimum Gasteiger partial charge on any atom is -0.380 e. The number of hydrogen-bond acceptors (Lipinski definition) is 4. The molecule has 2 unspecified atom stereocenters. The Kier molecular flexibility index (Phi) is 5.38. The smallest absolute Gasteiger partial charge is 0.0763 e. The number of ether oxygens (including phenoxy) is 1. The van der Waals surface area contributed by atoms with Gasteiger partial charge in [-0.3, -0.25) is 16.3 Å². The number of nitrogens with two attached hydrogens (primary N) is 1. The average Bonchev–Trinajstić information content (AvgIpc) is 2.29. The van der Waals surface area contributed by atoms with Gasteiger partial charge in [-0.2, -0.15) is 0 Å². The van der Waals surface area contributed by atoms with E-state index in [1.807, 2.05) is 12.1 Å². The van der Waals surface area contributed by atoms with E-state index in [-0.39, 0.29) is 12.1 Å². The van der Waals surface area contributed by atoms with Crippen molar-refractivity contribution in [1.29, 1.82) is 0 Å². The van der Waals surface area contributed by atoms with Crippen molar-refractivity contribution in [2.75, 3.05) is 7.11 Å². The summed E-state index contributed by atoms with van der Waals surface area (Å²) in [6.07, 6.45) is 4.54. The Morgan fingerprint density at radius 3 is 2.44 bits per heavy atom. The van der Waals surface area contributed by atoms with Crippen molar-refractivity contribution in [2.24, 2.45) is 11.8 Å². The van der Waals surface area contributed by atoms with Crippen molar-refractivity contribution in [1.82, 2.24) is 10.4 Å². The summed E-state index contributed by atoms with van der Waals surface area (Å²) in [6.45, 7) is 4.26. The van der Waals surface area contributed by atoms with Gasteiger partial charge in [0.15, 0.2) is 0 Å². The van der Waals surface area contributed by atoms with Gasteiger partial charge in [0.2, 0.25) is 0 Å². The second kappa shape index (κ2) is 6.58. The molecule has 0 fully saturated rings. The molecular weight excluding hydrogens is 202 g/mol. The van der Waals surface area contributed by atoms with Gasteiger partial charge in [0.25, 0.3) is 0 Å². The first-order valence-corrected chi connectivity index (χ1v) is 5.56. The van der Waals surface area contributed by atoms with Crippen molar-refractivity contribution in [3.8, 4) is 0 Å². The molecule has 1 heterocycles. The lowest BCUT2D eigenvalue weighted by Gasteiger charge is -2.28. The van der Waals surface area contributed by atoms with Crippen LogP contribution in [0.5, 0.6) is 0 Å². The largest absolute Gasteiger partial charge is 0.380 e. The fourth-order valence-electron chi connectivity index (χ4n) is 1.94. The Morgan fingerprint density at radius 2 is 2.00 bits per heavy atom. The predicted octanol–water partition coefficient (Wildman–Crippen LogP) is 1.13. The van der Waals surface area contributed by atoms with E-state index in [2.05, 4.69) is 24.3 Å². The Bertz CT molecular complexity index is 290. The van der Waals surface area contributed by atoms with Gasteiger partial charge in [-0.25, -0.2) is 0 Å². The maximum Gasteiger partial charge on any atom is 0.0763 e. The van der Waals surface area contributed by atoms with Crippen molar-refractivity contribution >= 4 is 0 Å². The molecule has 0 bridgehead atoms. The van der Waals surface area contributed by atoms with E-state index < -0.39 is 0 Å². The molecule has 90 valence electrons. The normalized spacial score (nSPS) is 15.1. The molecule has 0 aliphatic heterocycles. The maximum absolute atomic E-state index is 5.59. The highest BCUT2D eigenvalue weighted by molar-refractivity contribution is 5.12. The zero-order valence-corrected chi connectivity index (χ0v) is 10.2. The van der Waals surface area contributed by atoms with Gasteiger partial charge in [0.05, 0.1) is 12.1 Å². The Hall–Kier alpha value is -0.970. The quantitative estimate of drug-likeness (QED) is 0.560. The van der Waals surface area contributed by atoms with Crippen LogP contribution in [0.1, 0.15) is 19.4 Å². The van der Waals surface area contributed by atoms with E-state index >= 15 is 0 Å². The summed E-state index contributed by atoms with van der Waals surface area (Å²) >= 11 is 0. The maximum atomic E-state index is 5.59. The minimum atomic E-state index is 0.109. The van der Waals surface area contributed by atoms with Crippen LogP contribution in [-0.4, -0.2) is 24.2 Å². The number of nitrogens with zero attached hydrogens (tertiary/aromatic N) is 1. The fourth-order valence-corrected chi connectivity index (χ4v) is 1.94. The lowest BCUT2D eigenvalue weighted by atomic mass is 9.95. The third-order valence-corrected chi connectivity index (χ3v) is 2.74. The number of methoxy groups -OCH3 is 1. The number of rotatable bonds is 6. The molecule has 2 atom stereocenters.